The Balaban J connectivity index is 2.63. The molecule has 0 saturated heterocycles. The summed E-state index contributed by atoms with van der Waals surface area (Å²) >= 11 is 11.0. The lowest BCUT2D eigenvalue weighted by Gasteiger charge is -2.04. The van der Waals surface area contributed by atoms with Crippen LogP contribution < -0.4 is 4.74 Å². The van der Waals surface area contributed by atoms with Crippen molar-refractivity contribution in [3.8, 4) is 5.75 Å². The Morgan fingerprint density at radius 3 is 2.93 bits per heavy atom. The summed E-state index contributed by atoms with van der Waals surface area (Å²) in [6.45, 7) is 0.202. The van der Waals surface area contributed by atoms with Crippen molar-refractivity contribution in [3.05, 3.63) is 40.4 Å². The molecule has 0 spiro atoms. The maximum Gasteiger partial charge on any atom is 0.150 e. The van der Waals surface area contributed by atoms with Crippen molar-refractivity contribution in [2.75, 3.05) is 6.61 Å². The molecule has 0 heterocycles. The molecular formula is C10H8Cl2O2. The smallest absolute Gasteiger partial charge is 0.150 e. The molecular weight excluding hydrogens is 223 g/mol. The molecule has 0 saturated carbocycles. The molecule has 0 aromatic heterocycles. The zero-order valence-corrected chi connectivity index (χ0v) is 8.76. The van der Waals surface area contributed by atoms with Crippen LogP contribution in [0.5, 0.6) is 5.75 Å². The number of hydrogen-bond donors (Lipinski definition) is 0. The summed E-state index contributed by atoms with van der Waals surface area (Å²) in [6.07, 6.45) is 0.756. The molecule has 4 heteroatoms. The van der Waals surface area contributed by atoms with Gasteiger partial charge in [-0.1, -0.05) is 35.3 Å². The van der Waals surface area contributed by atoms with Crippen LogP contribution in [-0.2, 0) is 0 Å². The highest BCUT2D eigenvalue weighted by molar-refractivity contribution is 6.36. The molecule has 0 amide bonds. The second-order valence-corrected chi connectivity index (χ2v) is 3.24. The predicted octanol–water partition coefficient (Wildman–Crippen LogP) is 3.20. The van der Waals surface area contributed by atoms with Crippen molar-refractivity contribution in [1.82, 2.24) is 0 Å². The minimum Gasteiger partial charge on any atom is -0.488 e. The molecule has 0 N–H and O–H groups in total. The largest absolute Gasteiger partial charge is 0.488 e. The van der Waals surface area contributed by atoms with Crippen molar-refractivity contribution in [3.63, 3.8) is 0 Å². The third kappa shape index (κ3) is 3.40. The molecule has 1 rings (SSSR count). The molecule has 14 heavy (non-hydrogen) atoms. The lowest BCUT2D eigenvalue weighted by atomic mass is 10.2. The van der Waals surface area contributed by atoms with Gasteiger partial charge in [-0.2, -0.15) is 0 Å². The zero-order chi connectivity index (χ0) is 10.4. The van der Waals surface area contributed by atoms with Crippen molar-refractivity contribution < 1.29 is 9.53 Å². The molecule has 0 aliphatic carbocycles. The van der Waals surface area contributed by atoms with E-state index < -0.39 is 0 Å². The molecule has 0 fully saturated rings. The zero-order valence-electron chi connectivity index (χ0n) is 7.24. The fourth-order valence-corrected chi connectivity index (χ4v) is 0.979. The first-order valence-corrected chi connectivity index (χ1v) is 4.70. The van der Waals surface area contributed by atoms with E-state index in [1.165, 1.54) is 5.54 Å². The first kappa shape index (κ1) is 11.1. The monoisotopic (exact) mass is 230 g/mol. The molecule has 1 aromatic rings. The molecule has 0 radical (unpaired) electrons. The van der Waals surface area contributed by atoms with E-state index in [9.17, 15) is 4.79 Å². The van der Waals surface area contributed by atoms with Gasteiger partial charge in [-0.05, 0) is 12.1 Å². The van der Waals surface area contributed by atoms with Crippen LogP contribution in [-0.4, -0.2) is 12.9 Å². The normalized spacial score (nSPS) is 11.1. The Hall–Kier alpha value is -0.990. The number of hydrogen-bond acceptors (Lipinski definition) is 2. The van der Waals surface area contributed by atoms with E-state index >= 15 is 0 Å². The minimum atomic E-state index is 0.202. The summed E-state index contributed by atoms with van der Waals surface area (Å²) in [5.41, 5.74) is 1.80. The van der Waals surface area contributed by atoms with Gasteiger partial charge in [0.2, 0.25) is 0 Å². The highest BCUT2D eigenvalue weighted by Crippen LogP contribution is 2.14. The van der Waals surface area contributed by atoms with Gasteiger partial charge in [0.25, 0.3) is 0 Å². The van der Waals surface area contributed by atoms with E-state index in [4.69, 9.17) is 27.9 Å². The van der Waals surface area contributed by atoms with Crippen LogP contribution >= 0.6 is 23.2 Å². The van der Waals surface area contributed by atoms with Gasteiger partial charge >= 0.3 is 0 Å². The predicted molar refractivity (Wildman–Crippen MR) is 57.1 cm³/mol. The van der Waals surface area contributed by atoms with Crippen LogP contribution in [0.25, 0.3) is 0 Å². The number of halogens is 2. The summed E-state index contributed by atoms with van der Waals surface area (Å²) in [6, 6.07) is 6.80. The molecule has 0 bridgehead atoms. The average Bonchev–Trinajstić information content (AvgIpc) is 2.26. The Labute approximate surface area is 92.1 Å². The number of benzene rings is 1. The summed E-state index contributed by atoms with van der Waals surface area (Å²) in [5, 5.41) is 0.406. The van der Waals surface area contributed by atoms with Gasteiger partial charge in [-0.15, -0.1) is 0 Å². The van der Waals surface area contributed by atoms with Gasteiger partial charge in [-0.25, -0.2) is 0 Å². The number of carbonyl (C=O) groups excluding carboxylic acids is 1. The van der Waals surface area contributed by atoms with Crippen molar-refractivity contribution in [1.29, 1.82) is 0 Å². The van der Waals surface area contributed by atoms with Crippen LogP contribution in [0.1, 0.15) is 10.4 Å². The summed E-state index contributed by atoms with van der Waals surface area (Å²) in [4.78, 5) is 10.4. The first-order chi connectivity index (χ1) is 6.76. The molecule has 2 nitrogen and oxygen atoms in total. The molecule has 0 aliphatic rings. The molecule has 0 atom stereocenters. The summed E-state index contributed by atoms with van der Waals surface area (Å²) in [5.74, 6) is 0.589. The van der Waals surface area contributed by atoms with E-state index in [2.05, 4.69) is 0 Å². The highest BCUT2D eigenvalue weighted by Gasteiger charge is 1.97. The van der Waals surface area contributed by atoms with Gasteiger partial charge < -0.3 is 4.74 Å². The van der Waals surface area contributed by atoms with Gasteiger partial charge in [0.05, 0.1) is 5.03 Å². The first-order valence-electron chi connectivity index (χ1n) is 3.89. The topological polar surface area (TPSA) is 26.3 Å². The second kappa shape index (κ2) is 5.68. The van der Waals surface area contributed by atoms with Crippen molar-refractivity contribution in [2.45, 2.75) is 0 Å². The number of carbonyl (C=O) groups is 1. The maximum absolute atomic E-state index is 10.4. The Kier molecular flexibility index (Phi) is 4.50. The molecule has 0 unspecified atom stereocenters. The van der Waals surface area contributed by atoms with Gasteiger partial charge in [-0.3, -0.25) is 4.79 Å². The van der Waals surface area contributed by atoms with E-state index in [1.807, 2.05) is 0 Å². The molecule has 1 aromatic carbocycles. The minimum absolute atomic E-state index is 0.202. The quantitative estimate of drug-likeness (QED) is 0.743. The van der Waals surface area contributed by atoms with Crippen LogP contribution in [0.4, 0.5) is 0 Å². The fraction of sp³-hybridized carbons (Fsp3) is 0.100. The van der Waals surface area contributed by atoms with Gasteiger partial charge in [0, 0.05) is 11.1 Å². The van der Waals surface area contributed by atoms with E-state index in [1.54, 1.807) is 24.3 Å². The van der Waals surface area contributed by atoms with E-state index in [0.717, 1.165) is 6.29 Å². The number of ether oxygens (including phenoxy) is 1. The third-order valence-corrected chi connectivity index (χ3v) is 2.08. The summed E-state index contributed by atoms with van der Waals surface area (Å²) < 4.78 is 5.26. The second-order valence-electron chi connectivity index (χ2n) is 2.53. The Morgan fingerprint density at radius 2 is 2.29 bits per heavy atom. The molecule has 74 valence electrons. The van der Waals surface area contributed by atoms with Gasteiger partial charge in [0.15, 0.2) is 0 Å². The van der Waals surface area contributed by atoms with Crippen molar-refractivity contribution >= 4 is 29.5 Å². The van der Waals surface area contributed by atoms with Crippen molar-refractivity contribution in [2.24, 2.45) is 0 Å². The maximum atomic E-state index is 10.4. The van der Waals surface area contributed by atoms with Crippen LogP contribution in [0.2, 0.25) is 0 Å². The Morgan fingerprint density at radius 1 is 1.50 bits per heavy atom. The van der Waals surface area contributed by atoms with Crippen LogP contribution in [0.15, 0.2) is 34.8 Å². The lowest BCUT2D eigenvalue weighted by molar-refractivity contribution is 0.112. The van der Waals surface area contributed by atoms with Gasteiger partial charge in [0.1, 0.15) is 18.6 Å². The highest BCUT2D eigenvalue weighted by atomic mass is 35.5. The number of rotatable bonds is 4. The number of aldehydes is 1. The fourth-order valence-electron chi connectivity index (χ4n) is 0.861. The Bertz CT molecular complexity index is 348. The van der Waals surface area contributed by atoms with Crippen LogP contribution in [0.3, 0.4) is 0 Å². The molecule has 0 aliphatic heterocycles. The van der Waals surface area contributed by atoms with E-state index in [0.29, 0.717) is 16.3 Å². The standard InChI is InChI=1S/C10H8Cl2O2/c11-5-9(12)7-14-10-3-1-2-8(4-10)6-13/h1-6H,7H2. The third-order valence-electron chi connectivity index (χ3n) is 1.49. The summed E-state index contributed by atoms with van der Waals surface area (Å²) in [7, 11) is 0. The SMILES string of the molecule is O=Cc1cccc(OCC(Cl)=CCl)c1. The average molecular weight is 231 g/mol. The lowest BCUT2D eigenvalue weighted by Crippen LogP contribution is -1.97. The van der Waals surface area contributed by atoms with Crippen LogP contribution in [0, 0.1) is 0 Å². The van der Waals surface area contributed by atoms with E-state index in [-0.39, 0.29) is 6.61 Å².